The van der Waals surface area contributed by atoms with E-state index in [4.69, 9.17) is 18.0 Å². The Kier molecular flexibility index (Phi) is 4.06. The van der Waals surface area contributed by atoms with E-state index in [-0.39, 0.29) is 0 Å². The monoisotopic (exact) mass is 289 g/mol. The molecule has 2 N–H and O–H groups in total. The number of nitrogens with two attached hydrogens (primary N) is 1. The molecule has 2 fully saturated rings. The second-order valence-corrected chi connectivity index (χ2v) is 6.49. The highest BCUT2D eigenvalue weighted by atomic mass is 32.1. The van der Waals surface area contributed by atoms with Crippen molar-refractivity contribution in [3.8, 4) is 0 Å². The maximum atomic E-state index is 5.68. The molecule has 20 heavy (non-hydrogen) atoms. The van der Waals surface area contributed by atoms with E-state index in [1.807, 2.05) is 6.07 Å². The molecule has 0 spiro atoms. The number of thiocarbonyl (C=S) groups is 1. The van der Waals surface area contributed by atoms with Crippen LogP contribution in [0.15, 0.2) is 18.2 Å². The molecular weight excluding hydrogens is 266 g/mol. The summed E-state index contributed by atoms with van der Waals surface area (Å²) >= 11 is 5.03. The molecule has 1 aliphatic heterocycles. The zero-order valence-electron chi connectivity index (χ0n) is 12.1. The molecule has 0 aromatic heterocycles. The van der Waals surface area contributed by atoms with Crippen molar-refractivity contribution < 1.29 is 0 Å². The summed E-state index contributed by atoms with van der Waals surface area (Å²) < 4.78 is 0. The maximum Gasteiger partial charge on any atom is 0.103 e. The maximum absolute atomic E-state index is 5.68. The molecule has 1 saturated carbocycles. The lowest BCUT2D eigenvalue weighted by molar-refractivity contribution is 0.121. The normalized spacial score (nSPS) is 21.1. The number of nitrogens with zero attached hydrogens (tertiary/aromatic N) is 2. The van der Waals surface area contributed by atoms with Gasteiger partial charge in [0.25, 0.3) is 0 Å². The lowest BCUT2D eigenvalue weighted by atomic mass is 10.0. The van der Waals surface area contributed by atoms with Crippen molar-refractivity contribution >= 4 is 17.2 Å². The Bertz CT molecular complexity index is 502. The van der Waals surface area contributed by atoms with E-state index >= 15 is 0 Å². The highest BCUT2D eigenvalue weighted by Crippen LogP contribution is 2.27. The van der Waals surface area contributed by atoms with Gasteiger partial charge < -0.3 is 5.73 Å². The van der Waals surface area contributed by atoms with Crippen molar-refractivity contribution in [3.05, 3.63) is 34.9 Å². The molecule has 1 aromatic rings. The van der Waals surface area contributed by atoms with E-state index in [1.165, 1.54) is 50.1 Å². The van der Waals surface area contributed by atoms with E-state index in [9.17, 15) is 0 Å². The number of benzene rings is 1. The lowest BCUT2D eigenvalue weighted by Crippen LogP contribution is -2.46. The van der Waals surface area contributed by atoms with Gasteiger partial charge in [-0.25, -0.2) is 0 Å². The fraction of sp³-hybridized carbons (Fsp3) is 0.562. The van der Waals surface area contributed by atoms with Gasteiger partial charge in [-0.2, -0.15) is 0 Å². The van der Waals surface area contributed by atoms with Gasteiger partial charge >= 0.3 is 0 Å². The number of hydrogen-bond acceptors (Lipinski definition) is 3. The summed E-state index contributed by atoms with van der Waals surface area (Å²) in [5, 5.41) is 0. The summed E-state index contributed by atoms with van der Waals surface area (Å²) in [7, 11) is 0. The average molecular weight is 289 g/mol. The van der Waals surface area contributed by atoms with E-state index in [2.05, 4.69) is 28.9 Å². The fourth-order valence-corrected chi connectivity index (χ4v) is 3.12. The first-order valence-electron chi connectivity index (χ1n) is 7.49. The van der Waals surface area contributed by atoms with Crippen LogP contribution in [0.25, 0.3) is 0 Å². The van der Waals surface area contributed by atoms with E-state index in [1.54, 1.807) is 0 Å². The Morgan fingerprint density at radius 2 is 1.95 bits per heavy atom. The lowest BCUT2D eigenvalue weighted by Gasteiger charge is -2.35. The topological polar surface area (TPSA) is 32.5 Å². The van der Waals surface area contributed by atoms with Gasteiger partial charge in [0.15, 0.2) is 0 Å². The first kappa shape index (κ1) is 14.0. The number of rotatable bonds is 4. The van der Waals surface area contributed by atoms with Crippen molar-refractivity contribution in [2.75, 3.05) is 26.2 Å². The largest absolute Gasteiger partial charge is 0.389 e. The Labute approximate surface area is 126 Å². The van der Waals surface area contributed by atoms with Crippen molar-refractivity contribution in [1.29, 1.82) is 0 Å². The van der Waals surface area contributed by atoms with E-state index in [0.29, 0.717) is 4.99 Å². The van der Waals surface area contributed by atoms with Gasteiger partial charge in [-0.05, 0) is 37.0 Å². The molecule has 1 aromatic carbocycles. The van der Waals surface area contributed by atoms with Gasteiger partial charge in [0, 0.05) is 44.3 Å². The quantitative estimate of drug-likeness (QED) is 0.858. The van der Waals surface area contributed by atoms with Crippen molar-refractivity contribution in [2.45, 2.75) is 32.4 Å². The summed E-state index contributed by atoms with van der Waals surface area (Å²) in [6.45, 7) is 8.03. The molecule has 0 bridgehead atoms. The summed E-state index contributed by atoms with van der Waals surface area (Å²) in [5.41, 5.74) is 9.34. The van der Waals surface area contributed by atoms with E-state index in [0.717, 1.165) is 18.2 Å². The SMILES string of the molecule is Cc1cc(C(N)=S)ccc1CN1CCN(C2CC2)CC1. The molecule has 0 radical (unpaired) electrons. The van der Waals surface area contributed by atoms with Gasteiger partial charge in [0.1, 0.15) is 4.99 Å². The first-order valence-corrected chi connectivity index (χ1v) is 7.90. The highest BCUT2D eigenvalue weighted by Gasteiger charge is 2.31. The predicted molar refractivity (Wildman–Crippen MR) is 86.9 cm³/mol. The number of aryl methyl sites for hydroxylation is 1. The van der Waals surface area contributed by atoms with Crippen molar-refractivity contribution in [1.82, 2.24) is 9.80 Å². The van der Waals surface area contributed by atoms with Crippen LogP contribution in [-0.4, -0.2) is 47.0 Å². The highest BCUT2D eigenvalue weighted by molar-refractivity contribution is 7.80. The number of piperazine rings is 1. The van der Waals surface area contributed by atoms with Crippen LogP contribution in [0.4, 0.5) is 0 Å². The van der Waals surface area contributed by atoms with Crippen LogP contribution < -0.4 is 5.73 Å². The molecule has 0 amide bonds. The third kappa shape index (κ3) is 3.19. The summed E-state index contributed by atoms with van der Waals surface area (Å²) in [4.78, 5) is 5.69. The summed E-state index contributed by atoms with van der Waals surface area (Å²) in [6.07, 6.45) is 2.83. The van der Waals surface area contributed by atoms with Crippen LogP contribution in [-0.2, 0) is 6.54 Å². The molecule has 1 saturated heterocycles. The second-order valence-electron chi connectivity index (χ2n) is 6.05. The molecule has 108 valence electrons. The fourth-order valence-electron chi connectivity index (χ4n) is 2.99. The molecule has 2 aliphatic rings. The second kappa shape index (κ2) is 5.80. The molecule has 1 heterocycles. The third-order valence-electron chi connectivity index (χ3n) is 4.49. The van der Waals surface area contributed by atoms with Crippen LogP contribution in [0, 0.1) is 6.92 Å². The minimum Gasteiger partial charge on any atom is -0.389 e. The van der Waals surface area contributed by atoms with Gasteiger partial charge in [0.05, 0.1) is 0 Å². The standard InChI is InChI=1S/C16H23N3S/c1-12-10-13(16(17)20)2-3-14(12)11-18-6-8-19(9-7-18)15-4-5-15/h2-3,10,15H,4-9,11H2,1H3,(H2,17,20). The van der Waals surface area contributed by atoms with Crippen LogP contribution in [0.5, 0.6) is 0 Å². The summed E-state index contributed by atoms with van der Waals surface area (Å²) in [5.74, 6) is 0. The minimum atomic E-state index is 0.484. The van der Waals surface area contributed by atoms with Gasteiger partial charge in [-0.3, -0.25) is 9.80 Å². The number of hydrogen-bond donors (Lipinski definition) is 1. The Morgan fingerprint density at radius 3 is 2.50 bits per heavy atom. The molecule has 4 heteroatoms. The molecular formula is C16H23N3S. The summed E-state index contributed by atoms with van der Waals surface area (Å²) in [6, 6.07) is 7.24. The van der Waals surface area contributed by atoms with Crippen LogP contribution in [0.2, 0.25) is 0 Å². The van der Waals surface area contributed by atoms with Gasteiger partial charge in [-0.1, -0.05) is 24.4 Å². The Balaban J connectivity index is 1.59. The van der Waals surface area contributed by atoms with Gasteiger partial charge in [0.2, 0.25) is 0 Å². The van der Waals surface area contributed by atoms with Crippen LogP contribution in [0.1, 0.15) is 29.5 Å². The van der Waals surface area contributed by atoms with Gasteiger partial charge in [-0.15, -0.1) is 0 Å². The predicted octanol–water partition coefficient (Wildman–Crippen LogP) is 1.91. The molecule has 1 aliphatic carbocycles. The Hall–Kier alpha value is -0.970. The molecule has 0 unspecified atom stereocenters. The molecule has 0 atom stereocenters. The minimum absolute atomic E-state index is 0.484. The van der Waals surface area contributed by atoms with E-state index < -0.39 is 0 Å². The third-order valence-corrected chi connectivity index (χ3v) is 4.73. The average Bonchev–Trinajstić information content (AvgIpc) is 3.26. The molecule has 3 rings (SSSR count). The Morgan fingerprint density at radius 1 is 1.25 bits per heavy atom. The zero-order valence-corrected chi connectivity index (χ0v) is 13.0. The van der Waals surface area contributed by atoms with Crippen molar-refractivity contribution in [3.63, 3.8) is 0 Å². The smallest absolute Gasteiger partial charge is 0.103 e. The van der Waals surface area contributed by atoms with Crippen molar-refractivity contribution in [2.24, 2.45) is 5.73 Å². The zero-order chi connectivity index (χ0) is 14.1. The van der Waals surface area contributed by atoms with Crippen LogP contribution >= 0.6 is 12.2 Å². The van der Waals surface area contributed by atoms with Crippen LogP contribution in [0.3, 0.4) is 0 Å². The first-order chi connectivity index (χ1) is 9.63. The molecule has 3 nitrogen and oxygen atoms in total.